The highest BCUT2D eigenvalue weighted by Crippen LogP contribution is 2.36. The van der Waals surface area contributed by atoms with E-state index in [4.69, 9.17) is 0 Å². The summed E-state index contributed by atoms with van der Waals surface area (Å²) < 4.78 is 0. The lowest BCUT2D eigenvalue weighted by Crippen LogP contribution is -2.08. The van der Waals surface area contributed by atoms with Crippen LogP contribution in [0.4, 0.5) is 0 Å². The molecule has 4 rings (SSSR count). The van der Waals surface area contributed by atoms with Gasteiger partial charge in [0, 0.05) is 11.8 Å². The van der Waals surface area contributed by atoms with Gasteiger partial charge >= 0.3 is 0 Å². The topological polar surface area (TPSA) is 59.9 Å². The number of H-pyrrole nitrogens is 1. The zero-order valence-electron chi connectivity index (χ0n) is 13.9. The molecular weight excluding hydrogens is 310 g/mol. The van der Waals surface area contributed by atoms with Gasteiger partial charge in [0.15, 0.2) is 6.19 Å². The van der Waals surface area contributed by atoms with Crippen molar-refractivity contribution in [2.24, 2.45) is 0 Å². The van der Waals surface area contributed by atoms with Gasteiger partial charge < -0.3 is 9.88 Å². The normalized spacial score (nSPS) is 12.7. The van der Waals surface area contributed by atoms with Gasteiger partial charge in [0.05, 0.1) is 13.1 Å². The Hall–Kier alpha value is -3.32. The first-order valence-corrected chi connectivity index (χ1v) is 8.21. The molecule has 0 spiro atoms. The maximum absolute atomic E-state index is 11.7. The van der Waals surface area contributed by atoms with Crippen molar-refractivity contribution in [2.45, 2.75) is 20.0 Å². The van der Waals surface area contributed by atoms with Crippen molar-refractivity contribution in [3.8, 4) is 28.4 Å². The Labute approximate surface area is 146 Å². The van der Waals surface area contributed by atoms with Crippen LogP contribution in [0.25, 0.3) is 22.3 Å². The van der Waals surface area contributed by atoms with Crippen LogP contribution < -0.4 is 5.56 Å². The van der Waals surface area contributed by atoms with Gasteiger partial charge in [-0.3, -0.25) is 4.79 Å². The predicted octanol–water partition coefficient (Wildman–Crippen LogP) is 3.81. The van der Waals surface area contributed by atoms with Gasteiger partial charge in [-0.25, -0.2) is 0 Å². The Kier molecular flexibility index (Phi) is 3.62. The van der Waals surface area contributed by atoms with Crippen LogP contribution in [0.1, 0.15) is 16.7 Å². The van der Waals surface area contributed by atoms with Gasteiger partial charge in [0.2, 0.25) is 0 Å². The molecule has 0 saturated carbocycles. The zero-order valence-corrected chi connectivity index (χ0v) is 13.9. The molecule has 1 aliphatic rings. The monoisotopic (exact) mass is 327 g/mol. The molecule has 0 atom stereocenters. The zero-order chi connectivity index (χ0) is 17.4. The van der Waals surface area contributed by atoms with Crippen LogP contribution in [0.2, 0.25) is 0 Å². The summed E-state index contributed by atoms with van der Waals surface area (Å²) in [6.45, 7) is 3.08. The number of benzene rings is 2. The minimum Gasteiger partial charge on any atom is -0.328 e. The average molecular weight is 327 g/mol. The number of rotatable bonds is 2. The molecule has 0 fully saturated rings. The molecule has 1 aliphatic heterocycles. The van der Waals surface area contributed by atoms with E-state index >= 15 is 0 Å². The number of hydrogen-bond donors (Lipinski definition) is 1. The van der Waals surface area contributed by atoms with E-state index in [2.05, 4.69) is 35.4 Å². The third-order valence-corrected chi connectivity index (χ3v) is 4.70. The highest BCUT2D eigenvalue weighted by atomic mass is 16.1. The molecule has 4 heteroatoms. The minimum absolute atomic E-state index is 0.0659. The molecule has 1 N–H and O–H groups in total. The van der Waals surface area contributed by atoms with E-state index in [1.54, 1.807) is 11.1 Å². The third kappa shape index (κ3) is 2.70. The van der Waals surface area contributed by atoms with Gasteiger partial charge in [0.25, 0.3) is 5.56 Å². The van der Waals surface area contributed by atoms with Gasteiger partial charge in [-0.05, 0) is 58.5 Å². The molecule has 0 saturated heterocycles. The molecule has 0 amide bonds. The van der Waals surface area contributed by atoms with Crippen molar-refractivity contribution in [1.82, 2.24) is 9.88 Å². The molecule has 0 unspecified atom stereocenters. The van der Waals surface area contributed by atoms with E-state index in [1.807, 2.05) is 31.2 Å². The Bertz CT molecular complexity index is 1040. The Morgan fingerprint density at radius 3 is 2.56 bits per heavy atom. The van der Waals surface area contributed by atoms with E-state index < -0.39 is 0 Å². The molecule has 3 aromatic rings. The number of aryl methyl sites for hydroxylation is 1. The van der Waals surface area contributed by atoms with E-state index in [1.165, 1.54) is 11.1 Å². The fraction of sp³-hybridized carbons (Fsp3) is 0.143. The van der Waals surface area contributed by atoms with Crippen LogP contribution in [0.5, 0.6) is 0 Å². The second-order valence-corrected chi connectivity index (χ2v) is 6.38. The fourth-order valence-corrected chi connectivity index (χ4v) is 3.39. The standard InChI is InChI=1S/C21H17N3O/c1-14-7-17(10-23-21(14)25)16-8-18-11-24(13-22)12-20(18)19(9-16)15-5-3-2-4-6-15/h2-10H,11-12H2,1H3,(H,23,25). The van der Waals surface area contributed by atoms with Crippen molar-refractivity contribution < 1.29 is 0 Å². The van der Waals surface area contributed by atoms with Crippen molar-refractivity contribution >= 4 is 0 Å². The number of nitrogens with zero attached hydrogens (tertiary/aromatic N) is 2. The highest BCUT2D eigenvalue weighted by Gasteiger charge is 2.22. The van der Waals surface area contributed by atoms with Crippen LogP contribution in [-0.2, 0) is 13.1 Å². The summed E-state index contributed by atoms with van der Waals surface area (Å²) in [6.07, 6.45) is 4.00. The number of pyridine rings is 1. The molecule has 0 bridgehead atoms. The van der Waals surface area contributed by atoms with Crippen molar-refractivity contribution in [3.63, 3.8) is 0 Å². The second kappa shape index (κ2) is 5.95. The molecule has 25 heavy (non-hydrogen) atoms. The van der Waals surface area contributed by atoms with Gasteiger partial charge in [-0.15, -0.1) is 0 Å². The van der Waals surface area contributed by atoms with Crippen LogP contribution in [0.15, 0.2) is 59.5 Å². The van der Waals surface area contributed by atoms with E-state index in [0.717, 1.165) is 22.3 Å². The lowest BCUT2D eigenvalue weighted by molar-refractivity contribution is 0.417. The van der Waals surface area contributed by atoms with Gasteiger partial charge in [-0.1, -0.05) is 30.3 Å². The van der Waals surface area contributed by atoms with Crippen molar-refractivity contribution in [2.75, 3.05) is 0 Å². The Morgan fingerprint density at radius 1 is 1.04 bits per heavy atom. The van der Waals surface area contributed by atoms with Crippen molar-refractivity contribution in [3.05, 3.63) is 81.8 Å². The number of fused-ring (bicyclic) bond motifs is 1. The van der Waals surface area contributed by atoms with Crippen LogP contribution >= 0.6 is 0 Å². The minimum atomic E-state index is -0.0659. The Balaban J connectivity index is 1.92. The largest absolute Gasteiger partial charge is 0.328 e. The molecule has 0 radical (unpaired) electrons. The number of aromatic amines is 1. The Morgan fingerprint density at radius 2 is 1.84 bits per heavy atom. The summed E-state index contributed by atoms with van der Waals surface area (Å²) in [5.41, 5.74) is 7.32. The van der Waals surface area contributed by atoms with E-state index in [9.17, 15) is 10.1 Å². The fourth-order valence-electron chi connectivity index (χ4n) is 3.39. The number of aromatic nitrogens is 1. The van der Waals surface area contributed by atoms with Crippen molar-refractivity contribution in [1.29, 1.82) is 5.26 Å². The molecule has 2 heterocycles. The number of nitrogens with one attached hydrogen (secondary N) is 1. The number of nitriles is 1. The lowest BCUT2D eigenvalue weighted by Gasteiger charge is -2.12. The summed E-state index contributed by atoms with van der Waals surface area (Å²) in [6, 6.07) is 16.4. The maximum atomic E-state index is 11.7. The van der Waals surface area contributed by atoms with Crippen LogP contribution in [0.3, 0.4) is 0 Å². The molecule has 122 valence electrons. The van der Waals surface area contributed by atoms with E-state index in [-0.39, 0.29) is 5.56 Å². The summed E-state index contributed by atoms with van der Waals surface area (Å²) >= 11 is 0. The molecule has 4 nitrogen and oxygen atoms in total. The van der Waals surface area contributed by atoms with Crippen LogP contribution in [0, 0.1) is 18.4 Å². The van der Waals surface area contributed by atoms with Gasteiger partial charge in [0.1, 0.15) is 0 Å². The first kappa shape index (κ1) is 15.2. The van der Waals surface area contributed by atoms with Gasteiger partial charge in [-0.2, -0.15) is 5.26 Å². The molecule has 2 aromatic carbocycles. The average Bonchev–Trinajstić information content (AvgIpc) is 3.07. The highest BCUT2D eigenvalue weighted by molar-refractivity contribution is 5.77. The molecule has 0 aliphatic carbocycles. The first-order chi connectivity index (χ1) is 12.2. The first-order valence-electron chi connectivity index (χ1n) is 8.21. The van der Waals surface area contributed by atoms with E-state index in [0.29, 0.717) is 18.7 Å². The molecule has 1 aromatic heterocycles. The SMILES string of the molecule is Cc1cc(-c2cc3c(c(-c4ccccc4)c2)CN(C#N)C3)c[nH]c1=O. The quantitative estimate of drug-likeness (QED) is 0.728. The summed E-state index contributed by atoms with van der Waals surface area (Å²) in [5.74, 6) is 0. The number of hydrogen-bond acceptors (Lipinski definition) is 3. The lowest BCUT2D eigenvalue weighted by atomic mass is 9.92. The summed E-state index contributed by atoms with van der Waals surface area (Å²) in [7, 11) is 0. The smallest absolute Gasteiger partial charge is 0.250 e. The third-order valence-electron chi connectivity index (χ3n) is 4.70. The second-order valence-electron chi connectivity index (χ2n) is 6.38. The summed E-state index contributed by atoms with van der Waals surface area (Å²) in [5, 5.41) is 9.29. The van der Waals surface area contributed by atoms with Crippen LogP contribution in [-0.4, -0.2) is 9.88 Å². The molecular formula is C21H17N3O. The maximum Gasteiger partial charge on any atom is 0.250 e. The predicted molar refractivity (Wildman–Crippen MR) is 97.5 cm³/mol. The summed E-state index contributed by atoms with van der Waals surface area (Å²) in [4.78, 5) is 16.2.